The number of carboxylic acids is 1. The van der Waals surface area contributed by atoms with E-state index in [-0.39, 0.29) is 28.9 Å². The molecule has 8 heteroatoms. The van der Waals surface area contributed by atoms with Gasteiger partial charge in [0.05, 0.1) is 17.0 Å². The van der Waals surface area contributed by atoms with Crippen LogP contribution in [0, 0.1) is 10.1 Å². The van der Waals surface area contributed by atoms with Gasteiger partial charge in [-0.05, 0) is 6.07 Å². The number of nitro groups is 1. The maximum atomic E-state index is 11.6. The highest BCUT2D eigenvalue weighted by Crippen LogP contribution is 2.20. The third-order valence-corrected chi connectivity index (χ3v) is 2.51. The minimum atomic E-state index is -1.26. The number of fused-ring (bicyclic) bond motifs is 1. The molecule has 1 aromatic heterocycles. The summed E-state index contributed by atoms with van der Waals surface area (Å²) in [5, 5.41) is 19.4. The fourth-order valence-electron chi connectivity index (χ4n) is 1.57. The zero-order chi connectivity index (χ0) is 14.2. The van der Waals surface area contributed by atoms with E-state index in [1.54, 1.807) is 0 Å². The van der Waals surface area contributed by atoms with Gasteiger partial charge < -0.3 is 9.52 Å². The van der Waals surface area contributed by atoms with Crippen LogP contribution in [-0.4, -0.2) is 20.6 Å². The molecule has 0 aliphatic heterocycles. The van der Waals surface area contributed by atoms with Gasteiger partial charge in [-0.3, -0.25) is 14.7 Å². The number of rotatable bonds is 4. The average molecular weight is 264 g/mol. The highest BCUT2D eigenvalue weighted by molar-refractivity contribution is 5.86. The molecule has 0 aliphatic carbocycles. The van der Waals surface area contributed by atoms with Crippen molar-refractivity contribution >= 4 is 22.8 Å². The summed E-state index contributed by atoms with van der Waals surface area (Å²) in [5.41, 5.74) is -0.144. The van der Waals surface area contributed by atoms with Crippen molar-refractivity contribution in [2.75, 3.05) is 0 Å². The Hall–Kier alpha value is -2.90. The lowest BCUT2D eigenvalue weighted by Gasteiger charge is -2.01. The molecule has 2 rings (SSSR count). The monoisotopic (exact) mass is 264 g/mol. The van der Waals surface area contributed by atoms with Crippen molar-refractivity contribution in [3.63, 3.8) is 0 Å². The van der Waals surface area contributed by atoms with Gasteiger partial charge in [-0.2, -0.15) is 0 Å². The fraction of sp³-hybridized carbons (Fsp3) is 0.0909. The Morgan fingerprint density at radius 3 is 2.79 bits per heavy atom. The number of aliphatic carboxylic acids is 1. The van der Waals surface area contributed by atoms with Crippen LogP contribution in [0.25, 0.3) is 11.1 Å². The smallest absolute Gasteiger partial charge is 0.420 e. The first-order valence-electron chi connectivity index (χ1n) is 5.09. The Kier molecular flexibility index (Phi) is 2.91. The molecule has 0 saturated carbocycles. The number of hydrogen-bond donors (Lipinski definition) is 1. The molecule has 0 spiro atoms. The normalized spacial score (nSPS) is 10.5. The predicted octanol–water partition coefficient (Wildman–Crippen LogP) is 1.14. The lowest BCUT2D eigenvalue weighted by atomic mass is 10.2. The first kappa shape index (κ1) is 12.6. The summed E-state index contributed by atoms with van der Waals surface area (Å²) in [7, 11) is 0. The number of non-ortho nitro benzene ring substituents is 1. The van der Waals surface area contributed by atoms with Crippen LogP contribution in [0.4, 0.5) is 5.69 Å². The Balaban J connectivity index is 2.59. The molecule has 0 fully saturated rings. The molecule has 0 radical (unpaired) electrons. The second kappa shape index (κ2) is 4.41. The number of oxazole rings is 1. The summed E-state index contributed by atoms with van der Waals surface area (Å²) in [6.07, 6.45) is 0. The maximum Gasteiger partial charge on any atom is 0.420 e. The van der Waals surface area contributed by atoms with Crippen molar-refractivity contribution in [1.82, 2.24) is 4.57 Å². The van der Waals surface area contributed by atoms with Crippen molar-refractivity contribution in [2.24, 2.45) is 0 Å². The van der Waals surface area contributed by atoms with Crippen LogP contribution < -0.4 is 5.76 Å². The van der Waals surface area contributed by atoms with E-state index in [9.17, 15) is 19.7 Å². The first-order chi connectivity index (χ1) is 8.90. The molecular formula is C11H8N2O6. The molecule has 1 aromatic carbocycles. The number of aromatic nitrogens is 1. The summed E-state index contributed by atoms with van der Waals surface area (Å²) in [6, 6.07) is 3.63. The minimum absolute atomic E-state index is 0.147. The molecule has 1 heterocycles. The molecular weight excluding hydrogens is 256 g/mol. The molecule has 0 unspecified atom stereocenters. The van der Waals surface area contributed by atoms with Gasteiger partial charge in [-0.25, -0.2) is 9.59 Å². The van der Waals surface area contributed by atoms with Gasteiger partial charge in [-0.1, -0.05) is 6.58 Å². The van der Waals surface area contributed by atoms with Gasteiger partial charge >= 0.3 is 11.7 Å². The summed E-state index contributed by atoms with van der Waals surface area (Å²) in [4.78, 5) is 32.3. The molecule has 0 saturated heterocycles. The van der Waals surface area contributed by atoms with Crippen LogP contribution in [0.15, 0.2) is 39.6 Å². The number of carbonyl (C=O) groups is 1. The Morgan fingerprint density at radius 1 is 1.53 bits per heavy atom. The van der Waals surface area contributed by atoms with Crippen LogP contribution in [0.5, 0.6) is 0 Å². The lowest BCUT2D eigenvalue weighted by Crippen LogP contribution is -2.18. The van der Waals surface area contributed by atoms with Crippen LogP contribution in [0.1, 0.15) is 0 Å². The van der Waals surface area contributed by atoms with E-state index in [1.165, 1.54) is 12.1 Å². The quantitative estimate of drug-likeness (QED) is 0.503. The largest absolute Gasteiger partial charge is 0.478 e. The Bertz CT molecular complexity index is 754. The maximum absolute atomic E-state index is 11.6. The molecule has 0 atom stereocenters. The number of benzene rings is 1. The summed E-state index contributed by atoms with van der Waals surface area (Å²) in [5.74, 6) is -2.05. The van der Waals surface area contributed by atoms with E-state index in [1.807, 2.05) is 0 Å². The molecule has 0 amide bonds. The van der Waals surface area contributed by atoms with Crippen molar-refractivity contribution in [1.29, 1.82) is 0 Å². The number of hydrogen-bond acceptors (Lipinski definition) is 5. The highest BCUT2D eigenvalue weighted by atomic mass is 16.6. The average Bonchev–Trinajstić information content (AvgIpc) is 2.65. The van der Waals surface area contributed by atoms with Crippen LogP contribution in [0.2, 0.25) is 0 Å². The van der Waals surface area contributed by atoms with E-state index in [0.717, 1.165) is 10.6 Å². The van der Waals surface area contributed by atoms with Crippen molar-refractivity contribution in [3.05, 3.63) is 51.0 Å². The van der Waals surface area contributed by atoms with Gasteiger partial charge in [0.1, 0.15) is 0 Å². The van der Waals surface area contributed by atoms with Crippen molar-refractivity contribution in [2.45, 2.75) is 6.54 Å². The minimum Gasteiger partial charge on any atom is -0.478 e. The third-order valence-electron chi connectivity index (χ3n) is 2.51. The SMILES string of the molecule is C=C(Cn1c(=O)oc2ccc([N+](=O)[O-])cc21)C(=O)O. The van der Waals surface area contributed by atoms with Crippen molar-refractivity contribution < 1.29 is 19.2 Å². The number of carboxylic acid groups (broad SMARTS) is 1. The van der Waals surface area contributed by atoms with Crippen molar-refractivity contribution in [3.8, 4) is 0 Å². The lowest BCUT2D eigenvalue weighted by molar-refractivity contribution is -0.384. The van der Waals surface area contributed by atoms with Crippen LogP contribution in [-0.2, 0) is 11.3 Å². The van der Waals surface area contributed by atoms with E-state index in [4.69, 9.17) is 9.52 Å². The van der Waals surface area contributed by atoms with E-state index >= 15 is 0 Å². The zero-order valence-electron chi connectivity index (χ0n) is 9.53. The van der Waals surface area contributed by atoms with Gasteiger partial charge in [0.15, 0.2) is 5.58 Å². The van der Waals surface area contributed by atoms with E-state index in [2.05, 4.69) is 6.58 Å². The fourth-order valence-corrected chi connectivity index (χ4v) is 1.57. The molecule has 0 aliphatic rings. The highest BCUT2D eigenvalue weighted by Gasteiger charge is 2.16. The molecule has 0 bridgehead atoms. The first-order valence-corrected chi connectivity index (χ1v) is 5.09. The van der Waals surface area contributed by atoms with Crippen LogP contribution in [0.3, 0.4) is 0 Å². The van der Waals surface area contributed by atoms with E-state index in [0.29, 0.717) is 0 Å². The van der Waals surface area contributed by atoms with Crippen LogP contribution >= 0.6 is 0 Å². The van der Waals surface area contributed by atoms with Gasteiger partial charge in [0.2, 0.25) is 0 Å². The summed E-state index contributed by atoms with van der Waals surface area (Å²) in [6.45, 7) is 3.00. The summed E-state index contributed by atoms with van der Waals surface area (Å²) >= 11 is 0. The Labute approximate surface area is 105 Å². The molecule has 1 N–H and O–H groups in total. The second-order valence-corrected chi connectivity index (χ2v) is 3.77. The van der Waals surface area contributed by atoms with Gasteiger partial charge in [-0.15, -0.1) is 0 Å². The standard InChI is InChI=1S/C11H8N2O6/c1-6(10(14)15)5-12-8-4-7(13(17)18)2-3-9(8)19-11(12)16/h2-4H,1,5H2,(H,14,15). The summed E-state index contributed by atoms with van der Waals surface area (Å²) < 4.78 is 5.85. The number of nitro benzene ring substituents is 1. The van der Waals surface area contributed by atoms with Gasteiger partial charge in [0.25, 0.3) is 5.69 Å². The molecule has 8 nitrogen and oxygen atoms in total. The second-order valence-electron chi connectivity index (χ2n) is 3.77. The Morgan fingerprint density at radius 2 is 2.21 bits per heavy atom. The topological polar surface area (TPSA) is 116 Å². The molecule has 19 heavy (non-hydrogen) atoms. The number of nitrogens with zero attached hydrogens (tertiary/aromatic N) is 2. The molecule has 98 valence electrons. The van der Waals surface area contributed by atoms with Gasteiger partial charge in [0, 0.05) is 17.7 Å². The third kappa shape index (κ3) is 2.23. The van der Waals surface area contributed by atoms with E-state index < -0.39 is 16.6 Å². The zero-order valence-corrected chi connectivity index (χ0v) is 9.53. The predicted molar refractivity (Wildman–Crippen MR) is 63.9 cm³/mol. The molecule has 2 aromatic rings.